The Bertz CT molecular complexity index is 807. The predicted octanol–water partition coefficient (Wildman–Crippen LogP) is 1.98. The maximum absolute atomic E-state index is 5.91. The van der Waals surface area contributed by atoms with Gasteiger partial charge in [0.1, 0.15) is 0 Å². The van der Waals surface area contributed by atoms with E-state index in [1.807, 2.05) is 36.4 Å². The quantitative estimate of drug-likeness (QED) is 0.733. The summed E-state index contributed by atoms with van der Waals surface area (Å²) in [5.41, 5.74) is 2.25. The third-order valence-corrected chi connectivity index (χ3v) is 4.43. The summed E-state index contributed by atoms with van der Waals surface area (Å²) in [6.07, 6.45) is 0.105. The van der Waals surface area contributed by atoms with E-state index in [0.29, 0.717) is 12.5 Å². The second-order valence-corrected chi connectivity index (χ2v) is 6.34. The van der Waals surface area contributed by atoms with E-state index in [-0.39, 0.29) is 6.10 Å². The van der Waals surface area contributed by atoms with E-state index in [1.165, 1.54) is 5.56 Å². The number of para-hydroxylation sites is 1. The Morgan fingerprint density at radius 1 is 1.04 bits per heavy atom. The van der Waals surface area contributed by atoms with E-state index in [1.54, 1.807) is 4.68 Å². The minimum Gasteiger partial charge on any atom is -0.374 e. The van der Waals surface area contributed by atoms with Gasteiger partial charge in [-0.2, -0.15) is 4.68 Å². The number of rotatable bonds is 6. The average Bonchev–Trinajstić information content (AvgIpc) is 3.17. The molecule has 1 N–H and O–H groups in total. The van der Waals surface area contributed by atoms with Crippen molar-refractivity contribution in [3.8, 4) is 5.69 Å². The summed E-state index contributed by atoms with van der Waals surface area (Å²) in [4.78, 5) is 2.42. The number of benzene rings is 2. The highest BCUT2D eigenvalue weighted by atomic mass is 16.5. The Labute approximate surface area is 152 Å². The molecule has 2 heterocycles. The lowest BCUT2D eigenvalue weighted by Crippen LogP contribution is -2.44. The van der Waals surface area contributed by atoms with Crippen LogP contribution in [-0.4, -0.2) is 57.5 Å². The third kappa shape index (κ3) is 4.07. The van der Waals surface area contributed by atoms with Gasteiger partial charge < -0.3 is 10.1 Å². The lowest BCUT2D eigenvalue weighted by Gasteiger charge is -2.33. The van der Waals surface area contributed by atoms with Crippen LogP contribution in [0.15, 0.2) is 60.7 Å². The zero-order chi connectivity index (χ0) is 17.6. The Kier molecular flexibility index (Phi) is 5.18. The first-order chi connectivity index (χ1) is 12.9. The fourth-order valence-electron chi connectivity index (χ4n) is 3.13. The van der Waals surface area contributed by atoms with Gasteiger partial charge in [-0.15, -0.1) is 0 Å². The fourth-order valence-corrected chi connectivity index (χ4v) is 3.13. The lowest BCUT2D eigenvalue weighted by molar-refractivity contribution is -0.0241. The topological polar surface area (TPSA) is 68.1 Å². The van der Waals surface area contributed by atoms with E-state index in [9.17, 15) is 0 Å². The highest BCUT2D eigenvalue weighted by Gasteiger charge is 2.21. The van der Waals surface area contributed by atoms with E-state index in [0.717, 1.165) is 31.9 Å². The lowest BCUT2D eigenvalue weighted by atomic mass is 10.2. The van der Waals surface area contributed by atoms with Crippen molar-refractivity contribution in [2.24, 2.45) is 0 Å². The van der Waals surface area contributed by atoms with Crippen LogP contribution in [0.25, 0.3) is 5.69 Å². The second-order valence-electron chi connectivity index (χ2n) is 6.34. The summed E-state index contributed by atoms with van der Waals surface area (Å²) in [6, 6.07) is 20.4. The Hall–Kier alpha value is -2.77. The normalized spacial score (nSPS) is 17.9. The van der Waals surface area contributed by atoms with Crippen LogP contribution in [0.1, 0.15) is 5.56 Å². The number of hydrogen-bond acceptors (Lipinski definition) is 6. The maximum atomic E-state index is 5.91. The Balaban J connectivity index is 1.34. The first-order valence-electron chi connectivity index (χ1n) is 8.84. The van der Waals surface area contributed by atoms with Gasteiger partial charge in [0.25, 0.3) is 0 Å². The van der Waals surface area contributed by atoms with Crippen LogP contribution in [0.2, 0.25) is 0 Å². The molecule has 134 valence electrons. The molecule has 4 rings (SSSR count). The van der Waals surface area contributed by atoms with E-state index in [2.05, 4.69) is 50.0 Å². The summed E-state index contributed by atoms with van der Waals surface area (Å²) in [6.45, 7) is 4.19. The Morgan fingerprint density at radius 2 is 1.81 bits per heavy atom. The largest absolute Gasteiger partial charge is 0.374 e. The number of nitrogens with one attached hydrogen (secondary N) is 1. The van der Waals surface area contributed by atoms with Crippen molar-refractivity contribution >= 4 is 5.95 Å². The molecule has 3 aromatic rings. The summed E-state index contributed by atoms with van der Waals surface area (Å²) >= 11 is 0. The van der Waals surface area contributed by atoms with Crippen molar-refractivity contribution in [3.63, 3.8) is 0 Å². The summed E-state index contributed by atoms with van der Waals surface area (Å²) in [7, 11) is 0. The van der Waals surface area contributed by atoms with Crippen molar-refractivity contribution in [2.75, 3.05) is 31.6 Å². The SMILES string of the molecule is c1ccc(CN2CCOC(CNc3nnnn3-c3ccccc3)C2)cc1. The molecule has 2 aromatic carbocycles. The molecule has 0 bridgehead atoms. The van der Waals surface area contributed by atoms with Gasteiger partial charge in [-0.25, -0.2) is 0 Å². The number of morpholine rings is 1. The van der Waals surface area contributed by atoms with Gasteiger partial charge >= 0.3 is 0 Å². The molecule has 7 heteroatoms. The standard InChI is InChI=1S/C19H22N6O/c1-3-7-16(8-4-1)14-24-11-12-26-18(15-24)13-20-19-21-22-23-25(19)17-9-5-2-6-10-17/h1-10,18H,11-15H2,(H,20,21,23). The van der Waals surface area contributed by atoms with Crippen molar-refractivity contribution in [2.45, 2.75) is 12.6 Å². The average molecular weight is 350 g/mol. The van der Waals surface area contributed by atoms with Crippen LogP contribution >= 0.6 is 0 Å². The predicted molar refractivity (Wildman–Crippen MR) is 99.1 cm³/mol. The smallest absolute Gasteiger partial charge is 0.247 e. The van der Waals surface area contributed by atoms with Crippen molar-refractivity contribution in [1.29, 1.82) is 0 Å². The number of hydrogen-bond donors (Lipinski definition) is 1. The minimum atomic E-state index is 0.105. The van der Waals surface area contributed by atoms with Crippen LogP contribution in [0.4, 0.5) is 5.95 Å². The first kappa shape index (κ1) is 16.7. The molecule has 1 unspecified atom stereocenters. The molecular formula is C19H22N6O. The summed E-state index contributed by atoms with van der Waals surface area (Å²) < 4.78 is 7.61. The first-order valence-corrected chi connectivity index (χ1v) is 8.84. The fraction of sp³-hybridized carbons (Fsp3) is 0.316. The van der Waals surface area contributed by atoms with E-state index in [4.69, 9.17) is 4.74 Å². The maximum Gasteiger partial charge on any atom is 0.247 e. The zero-order valence-corrected chi connectivity index (χ0v) is 14.5. The van der Waals surface area contributed by atoms with E-state index < -0.39 is 0 Å². The summed E-state index contributed by atoms with van der Waals surface area (Å²) in [5, 5.41) is 15.3. The van der Waals surface area contributed by atoms with Crippen LogP contribution in [0, 0.1) is 0 Å². The molecule has 0 saturated carbocycles. The number of nitrogens with zero attached hydrogens (tertiary/aromatic N) is 5. The third-order valence-electron chi connectivity index (χ3n) is 4.43. The second kappa shape index (κ2) is 8.07. The van der Waals surface area contributed by atoms with Crippen LogP contribution in [-0.2, 0) is 11.3 Å². The molecule has 1 aliphatic rings. The molecule has 0 amide bonds. The van der Waals surface area contributed by atoms with Crippen molar-refractivity contribution < 1.29 is 4.74 Å². The van der Waals surface area contributed by atoms with Gasteiger partial charge in [-0.05, 0) is 28.1 Å². The van der Waals surface area contributed by atoms with Gasteiger partial charge in [-0.3, -0.25) is 4.90 Å². The van der Waals surface area contributed by atoms with Crippen molar-refractivity contribution in [1.82, 2.24) is 25.1 Å². The molecule has 0 spiro atoms. The van der Waals surface area contributed by atoms with Gasteiger partial charge in [0.2, 0.25) is 5.95 Å². The van der Waals surface area contributed by atoms with Gasteiger partial charge in [-0.1, -0.05) is 53.6 Å². The van der Waals surface area contributed by atoms with Crippen LogP contribution in [0.5, 0.6) is 0 Å². The molecule has 1 aliphatic heterocycles. The molecule has 0 radical (unpaired) electrons. The molecule has 1 fully saturated rings. The molecule has 7 nitrogen and oxygen atoms in total. The van der Waals surface area contributed by atoms with Crippen molar-refractivity contribution in [3.05, 3.63) is 66.2 Å². The highest BCUT2D eigenvalue weighted by molar-refractivity contribution is 5.38. The molecule has 0 aliphatic carbocycles. The number of ether oxygens (including phenoxy) is 1. The molecule has 1 aromatic heterocycles. The van der Waals surface area contributed by atoms with Crippen LogP contribution < -0.4 is 5.32 Å². The molecular weight excluding hydrogens is 328 g/mol. The number of tetrazole rings is 1. The molecule has 1 saturated heterocycles. The zero-order valence-electron chi connectivity index (χ0n) is 14.5. The minimum absolute atomic E-state index is 0.105. The Morgan fingerprint density at radius 3 is 2.62 bits per heavy atom. The van der Waals surface area contributed by atoms with Gasteiger partial charge in [0.05, 0.1) is 18.4 Å². The highest BCUT2D eigenvalue weighted by Crippen LogP contribution is 2.13. The van der Waals surface area contributed by atoms with Gasteiger partial charge in [0, 0.05) is 26.2 Å². The number of anilines is 1. The van der Waals surface area contributed by atoms with Crippen LogP contribution in [0.3, 0.4) is 0 Å². The summed E-state index contributed by atoms with van der Waals surface area (Å²) in [5.74, 6) is 0.625. The van der Waals surface area contributed by atoms with Gasteiger partial charge in [0.15, 0.2) is 0 Å². The number of aromatic nitrogens is 4. The van der Waals surface area contributed by atoms with E-state index >= 15 is 0 Å². The molecule has 26 heavy (non-hydrogen) atoms. The molecule has 1 atom stereocenters. The monoisotopic (exact) mass is 350 g/mol.